The Morgan fingerprint density at radius 2 is 1.94 bits per heavy atom. The minimum absolute atomic E-state index is 0.110. The summed E-state index contributed by atoms with van der Waals surface area (Å²) < 4.78 is 1.78. The molecule has 0 aromatic carbocycles. The van der Waals surface area contributed by atoms with Crippen LogP contribution in [-0.2, 0) is 13.0 Å². The lowest BCUT2D eigenvalue weighted by Crippen LogP contribution is -2.24. The van der Waals surface area contributed by atoms with Crippen LogP contribution in [0.4, 0.5) is 11.8 Å². The molecule has 0 bridgehead atoms. The third kappa shape index (κ3) is 3.45. The first-order valence-corrected chi connectivity index (χ1v) is 11.0. The maximum Gasteiger partial charge on any atom is 0.225 e. The van der Waals surface area contributed by atoms with Crippen LogP contribution < -0.4 is 10.6 Å². The normalized spacial score (nSPS) is 23.6. The molecule has 1 saturated heterocycles. The molecule has 2 unspecified atom stereocenters. The molecule has 8 heteroatoms. The lowest BCUT2D eigenvalue weighted by molar-refractivity contribution is 0.0973. The molecule has 1 saturated carbocycles. The highest BCUT2D eigenvalue weighted by Crippen LogP contribution is 2.45. The molecule has 3 aromatic rings. The van der Waals surface area contributed by atoms with E-state index in [-0.39, 0.29) is 11.7 Å². The number of carbonyl (C=O) groups is 1. The maximum atomic E-state index is 12.9. The number of hydrogen-bond acceptors (Lipinski definition) is 7. The van der Waals surface area contributed by atoms with Gasteiger partial charge in [-0.05, 0) is 54.2 Å². The number of aromatic nitrogens is 5. The fourth-order valence-electron chi connectivity index (χ4n) is 5.14. The molecular weight excluding hydrogens is 390 g/mol. The minimum atomic E-state index is 0.110. The molecule has 0 radical (unpaired) electrons. The van der Waals surface area contributed by atoms with Crippen LogP contribution in [0.1, 0.15) is 52.2 Å². The quantitative estimate of drug-likeness (QED) is 0.617. The number of ketones is 1. The predicted octanol–water partition coefficient (Wildman–Crippen LogP) is 2.46. The van der Waals surface area contributed by atoms with Crippen LogP contribution >= 0.6 is 0 Å². The largest absolute Gasteiger partial charge is 0.383 e. The molecule has 3 aliphatic rings. The van der Waals surface area contributed by atoms with Gasteiger partial charge in [0.05, 0.1) is 18.3 Å². The number of nitrogen functional groups attached to an aromatic ring is 1. The summed E-state index contributed by atoms with van der Waals surface area (Å²) in [5.74, 6) is 3.44. The van der Waals surface area contributed by atoms with Gasteiger partial charge in [-0.3, -0.25) is 9.48 Å². The van der Waals surface area contributed by atoms with Gasteiger partial charge >= 0.3 is 0 Å². The van der Waals surface area contributed by atoms with E-state index >= 15 is 0 Å². The number of nitrogens with two attached hydrogens (primary N) is 1. The Hall–Kier alpha value is -3.29. The molecule has 0 spiro atoms. The second-order valence-corrected chi connectivity index (χ2v) is 9.11. The van der Waals surface area contributed by atoms with Gasteiger partial charge in [-0.15, -0.1) is 0 Å². The van der Waals surface area contributed by atoms with E-state index in [2.05, 4.69) is 25.0 Å². The van der Waals surface area contributed by atoms with Crippen molar-refractivity contribution in [3.8, 4) is 0 Å². The standard InChI is InChI=1S/C23H25N7O/c24-22-20-2-1-15(19(20)3-4-25-22)6-21(31)18-9-28-30(13-18)10-14-7-26-23(27-8-14)29-11-16-5-17(16)12-29/h3-4,7-9,13,15-17H,1-2,5-6,10-12H2,(H2,24,25)/t15-,16?,17?/m0/s1. The van der Waals surface area contributed by atoms with Crippen molar-refractivity contribution in [3.05, 3.63) is 59.3 Å². The molecule has 3 aromatic heterocycles. The van der Waals surface area contributed by atoms with Crippen molar-refractivity contribution in [1.29, 1.82) is 0 Å². The first-order valence-electron chi connectivity index (χ1n) is 11.0. The topological polar surface area (TPSA) is 103 Å². The van der Waals surface area contributed by atoms with Crippen LogP contribution in [0.2, 0.25) is 0 Å². The summed E-state index contributed by atoms with van der Waals surface area (Å²) in [6.45, 7) is 2.72. The lowest BCUT2D eigenvalue weighted by atomic mass is 9.94. The van der Waals surface area contributed by atoms with E-state index in [1.165, 1.54) is 12.0 Å². The van der Waals surface area contributed by atoms with E-state index < -0.39 is 0 Å². The van der Waals surface area contributed by atoms with Crippen molar-refractivity contribution < 1.29 is 4.79 Å². The van der Waals surface area contributed by atoms with E-state index in [0.29, 0.717) is 24.3 Å². The zero-order chi connectivity index (χ0) is 20.9. The zero-order valence-electron chi connectivity index (χ0n) is 17.3. The highest BCUT2D eigenvalue weighted by Gasteiger charge is 2.45. The smallest absolute Gasteiger partial charge is 0.225 e. The highest BCUT2D eigenvalue weighted by atomic mass is 16.1. The van der Waals surface area contributed by atoms with Crippen LogP contribution in [0, 0.1) is 11.8 Å². The molecule has 2 fully saturated rings. The van der Waals surface area contributed by atoms with Crippen molar-refractivity contribution >= 4 is 17.5 Å². The molecule has 0 amide bonds. The van der Waals surface area contributed by atoms with Gasteiger partial charge in [0.2, 0.25) is 5.95 Å². The summed E-state index contributed by atoms with van der Waals surface area (Å²) in [6, 6.07) is 1.99. The van der Waals surface area contributed by atoms with Gasteiger partial charge in [0, 0.05) is 49.9 Å². The molecule has 2 aliphatic carbocycles. The Balaban J connectivity index is 1.09. The number of anilines is 2. The second-order valence-electron chi connectivity index (χ2n) is 9.11. The summed E-state index contributed by atoms with van der Waals surface area (Å²) in [5, 5.41) is 4.38. The average Bonchev–Trinajstić information content (AvgIpc) is 3.16. The number of Topliss-reactive ketones (excluding diaryl/α,β-unsaturated/α-hetero) is 1. The number of hydrogen-bond donors (Lipinski definition) is 1. The van der Waals surface area contributed by atoms with Crippen LogP contribution in [0.3, 0.4) is 0 Å². The van der Waals surface area contributed by atoms with Crippen molar-refractivity contribution in [2.75, 3.05) is 23.7 Å². The Labute approximate surface area is 180 Å². The summed E-state index contributed by atoms with van der Waals surface area (Å²) >= 11 is 0. The van der Waals surface area contributed by atoms with Crippen molar-refractivity contribution in [3.63, 3.8) is 0 Å². The molecule has 31 heavy (non-hydrogen) atoms. The summed E-state index contributed by atoms with van der Waals surface area (Å²) in [6.07, 6.45) is 12.6. The van der Waals surface area contributed by atoms with Crippen LogP contribution in [0.5, 0.6) is 0 Å². The molecule has 6 rings (SSSR count). The summed E-state index contributed by atoms with van der Waals surface area (Å²) in [5.41, 5.74) is 9.87. The zero-order valence-corrected chi connectivity index (χ0v) is 17.3. The van der Waals surface area contributed by atoms with Gasteiger partial charge < -0.3 is 10.6 Å². The second kappa shape index (κ2) is 7.14. The van der Waals surface area contributed by atoms with Gasteiger partial charge in [-0.25, -0.2) is 15.0 Å². The molecule has 1 aliphatic heterocycles. The summed E-state index contributed by atoms with van der Waals surface area (Å²) in [7, 11) is 0. The first kappa shape index (κ1) is 18.5. The third-order valence-electron chi connectivity index (χ3n) is 6.99. The average molecular weight is 416 g/mol. The van der Waals surface area contributed by atoms with Gasteiger partial charge in [0.1, 0.15) is 5.82 Å². The van der Waals surface area contributed by atoms with E-state index in [1.54, 1.807) is 17.1 Å². The fraction of sp³-hybridized carbons (Fsp3) is 0.435. The van der Waals surface area contributed by atoms with E-state index in [4.69, 9.17) is 5.73 Å². The predicted molar refractivity (Wildman–Crippen MR) is 116 cm³/mol. The number of nitrogens with zero attached hydrogens (tertiary/aromatic N) is 6. The third-order valence-corrected chi connectivity index (χ3v) is 6.99. The van der Waals surface area contributed by atoms with Crippen LogP contribution in [0.15, 0.2) is 37.1 Å². The highest BCUT2D eigenvalue weighted by molar-refractivity contribution is 5.96. The van der Waals surface area contributed by atoms with Gasteiger partial charge in [-0.1, -0.05) is 0 Å². The first-order chi connectivity index (χ1) is 15.1. The molecule has 8 nitrogen and oxygen atoms in total. The lowest BCUT2D eigenvalue weighted by Gasteiger charge is -2.17. The minimum Gasteiger partial charge on any atom is -0.383 e. The maximum absolute atomic E-state index is 12.9. The number of pyridine rings is 1. The SMILES string of the molecule is Nc1nccc2c1CC[C@H]2CC(=O)c1cnn(Cc2cnc(N3CC4CC4C3)nc2)c1. The number of rotatable bonds is 6. The van der Waals surface area contributed by atoms with Crippen LogP contribution in [-0.4, -0.2) is 43.6 Å². The molecule has 4 heterocycles. The number of carbonyl (C=O) groups excluding carboxylic acids is 1. The van der Waals surface area contributed by atoms with E-state index in [9.17, 15) is 4.79 Å². The van der Waals surface area contributed by atoms with E-state index in [1.807, 2.05) is 24.7 Å². The Morgan fingerprint density at radius 1 is 1.13 bits per heavy atom. The van der Waals surface area contributed by atoms with Gasteiger partial charge in [-0.2, -0.15) is 5.10 Å². The van der Waals surface area contributed by atoms with Crippen molar-refractivity contribution in [1.82, 2.24) is 24.7 Å². The fourth-order valence-corrected chi connectivity index (χ4v) is 5.14. The van der Waals surface area contributed by atoms with Crippen molar-refractivity contribution in [2.45, 2.75) is 38.1 Å². The van der Waals surface area contributed by atoms with Crippen LogP contribution in [0.25, 0.3) is 0 Å². The number of piperidine rings is 1. The molecule has 3 atom stereocenters. The molecule has 158 valence electrons. The Bertz CT molecular complexity index is 1130. The monoisotopic (exact) mass is 415 g/mol. The van der Waals surface area contributed by atoms with Gasteiger partial charge in [0.15, 0.2) is 5.78 Å². The number of fused-ring (bicyclic) bond motifs is 2. The van der Waals surface area contributed by atoms with Crippen molar-refractivity contribution in [2.24, 2.45) is 11.8 Å². The molecule has 2 N–H and O–H groups in total. The summed E-state index contributed by atoms with van der Waals surface area (Å²) in [4.78, 5) is 28.4. The molecular formula is C23H25N7O. The Kier molecular flexibility index (Phi) is 4.26. The van der Waals surface area contributed by atoms with E-state index in [0.717, 1.165) is 54.8 Å². The Morgan fingerprint density at radius 3 is 2.74 bits per heavy atom. The van der Waals surface area contributed by atoms with Gasteiger partial charge in [0.25, 0.3) is 0 Å².